The topological polar surface area (TPSA) is 26.3 Å². The van der Waals surface area contributed by atoms with E-state index in [2.05, 4.69) is 15.9 Å². The molecule has 2 nitrogen and oxygen atoms in total. The van der Waals surface area contributed by atoms with E-state index >= 15 is 0 Å². The zero-order valence-electron chi connectivity index (χ0n) is 13.0. The Morgan fingerprint density at radius 2 is 1.62 bits per heavy atom. The fourth-order valence-corrected chi connectivity index (χ4v) is 3.37. The van der Waals surface area contributed by atoms with Gasteiger partial charge in [0.2, 0.25) is 0 Å². The highest BCUT2D eigenvalue weighted by molar-refractivity contribution is 9.10. The number of hydrogen-bond acceptors (Lipinski definition) is 2. The van der Waals surface area contributed by atoms with E-state index in [0.29, 0.717) is 10.0 Å². The molecule has 0 spiro atoms. The van der Waals surface area contributed by atoms with Gasteiger partial charge in [-0.3, -0.25) is 0 Å². The minimum Gasteiger partial charge on any atom is -0.465 e. The van der Waals surface area contributed by atoms with Crippen molar-refractivity contribution in [3.8, 4) is 11.1 Å². The molecule has 3 aromatic carbocycles. The smallest absolute Gasteiger partial charge is 0.339 e. The van der Waals surface area contributed by atoms with E-state index in [1.807, 2.05) is 42.5 Å². The van der Waals surface area contributed by atoms with E-state index < -0.39 is 5.97 Å². The monoisotopic (exact) mass is 370 g/mol. The summed E-state index contributed by atoms with van der Waals surface area (Å²) >= 11 is 3.36. The molecule has 0 unspecified atom stereocenters. The summed E-state index contributed by atoms with van der Waals surface area (Å²) in [5.74, 6) is -0.539. The number of methoxy groups -OCH3 is 1. The third-order valence-electron chi connectivity index (χ3n) is 4.00. The van der Waals surface area contributed by atoms with Crippen molar-refractivity contribution in [2.24, 2.45) is 0 Å². The molecule has 0 aromatic heterocycles. The molecular formula is C18H10B3BrO2. The molecule has 0 heterocycles. The Morgan fingerprint density at radius 1 is 0.958 bits per heavy atom. The number of rotatable bonds is 2. The fourth-order valence-electron chi connectivity index (χ4n) is 2.79. The van der Waals surface area contributed by atoms with E-state index in [1.165, 1.54) is 7.11 Å². The molecule has 6 heteroatoms. The lowest BCUT2D eigenvalue weighted by molar-refractivity contribution is 0.0601. The number of hydrogen-bond donors (Lipinski definition) is 0. The van der Waals surface area contributed by atoms with Gasteiger partial charge in [-0.25, -0.2) is 4.79 Å². The average Bonchev–Trinajstić information content (AvgIpc) is 2.61. The highest BCUT2D eigenvalue weighted by atomic mass is 79.9. The van der Waals surface area contributed by atoms with Crippen molar-refractivity contribution in [2.45, 2.75) is 0 Å². The van der Waals surface area contributed by atoms with Gasteiger partial charge in [-0.1, -0.05) is 69.3 Å². The molecule has 0 saturated carbocycles. The van der Waals surface area contributed by atoms with Gasteiger partial charge >= 0.3 is 5.97 Å². The van der Waals surface area contributed by atoms with E-state index in [4.69, 9.17) is 28.3 Å². The summed E-state index contributed by atoms with van der Waals surface area (Å²) in [5, 5.41) is 1.98. The second-order valence-electron chi connectivity index (χ2n) is 5.32. The first-order valence-electron chi connectivity index (χ1n) is 7.19. The van der Waals surface area contributed by atoms with Crippen LogP contribution in [0.2, 0.25) is 0 Å². The maximum absolute atomic E-state index is 12.4. The zero-order valence-corrected chi connectivity index (χ0v) is 14.6. The summed E-state index contributed by atoms with van der Waals surface area (Å²) in [6.07, 6.45) is 0. The number of fused-ring (bicyclic) bond motifs is 1. The number of esters is 1. The normalized spacial score (nSPS) is 10.8. The van der Waals surface area contributed by atoms with Gasteiger partial charge in [-0.2, -0.15) is 0 Å². The Kier molecular flexibility index (Phi) is 4.59. The fraction of sp³-hybridized carbons (Fsp3) is 0.0556. The minimum absolute atomic E-state index is 0.219. The summed E-state index contributed by atoms with van der Waals surface area (Å²) in [5.41, 5.74) is 2.27. The van der Waals surface area contributed by atoms with Crippen LogP contribution in [0.25, 0.3) is 21.9 Å². The summed E-state index contributed by atoms with van der Waals surface area (Å²) in [6, 6.07) is 13.6. The quantitative estimate of drug-likeness (QED) is 0.504. The Hall–Kier alpha value is -1.94. The van der Waals surface area contributed by atoms with Crippen LogP contribution in [0.15, 0.2) is 46.9 Å². The molecule has 0 aliphatic carbocycles. The standard InChI is InChI=1S/C18H10B3BrO2/c1-24-18(23)13-12(14(19)15(20)16(21)17(13)22)11-8-4-6-9-5-2-3-7-10(9)11/h2-8H,1H3. The predicted octanol–water partition coefficient (Wildman–Crippen LogP) is 1.44. The Morgan fingerprint density at radius 3 is 2.33 bits per heavy atom. The number of carbonyl (C=O) groups excluding carboxylic acids is 1. The molecule has 6 radical (unpaired) electrons. The van der Waals surface area contributed by atoms with E-state index in [-0.39, 0.29) is 22.0 Å². The largest absolute Gasteiger partial charge is 0.465 e. The van der Waals surface area contributed by atoms with Crippen molar-refractivity contribution in [1.82, 2.24) is 0 Å². The van der Waals surface area contributed by atoms with Gasteiger partial charge in [-0.15, -0.1) is 5.46 Å². The Labute approximate surface area is 152 Å². The zero-order chi connectivity index (χ0) is 17.4. The van der Waals surface area contributed by atoms with Gasteiger partial charge in [0.25, 0.3) is 0 Å². The third-order valence-corrected chi connectivity index (χ3v) is 4.83. The molecule has 3 aromatic rings. The minimum atomic E-state index is -0.539. The molecular weight excluding hydrogens is 361 g/mol. The molecule has 110 valence electrons. The second kappa shape index (κ2) is 6.52. The molecule has 3 rings (SSSR count). The third kappa shape index (κ3) is 2.59. The van der Waals surface area contributed by atoms with Crippen LogP contribution in [0, 0.1) is 0 Å². The van der Waals surface area contributed by atoms with Crippen molar-refractivity contribution in [2.75, 3.05) is 7.11 Å². The van der Waals surface area contributed by atoms with Crippen molar-refractivity contribution >= 4 is 72.6 Å². The van der Waals surface area contributed by atoms with Gasteiger partial charge in [0.05, 0.1) is 12.7 Å². The summed E-state index contributed by atoms with van der Waals surface area (Å²) in [7, 11) is 19.6. The maximum Gasteiger partial charge on any atom is 0.339 e. The van der Waals surface area contributed by atoms with E-state index in [0.717, 1.165) is 16.3 Å². The van der Waals surface area contributed by atoms with Gasteiger partial charge in [0.1, 0.15) is 23.5 Å². The highest BCUT2D eigenvalue weighted by Crippen LogP contribution is 2.32. The van der Waals surface area contributed by atoms with E-state index in [1.54, 1.807) is 0 Å². The lowest BCUT2D eigenvalue weighted by Crippen LogP contribution is -2.42. The molecule has 0 amide bonds. The van der Waals surface area contributed by atoms with Crippen LogP contribution in [-0.4, -0.2) is 36.6 Å². The Balaban J connectivity index is 2.49. The van der Waals surface area contributed by atoms with Crippen LogP contribution in [0.1, 0.15) is 10.4 Å². The van der Waals surface area contributed by atoms with E-state index in [9.17, 15) is 4.79 Å². The number of carbonyl (C=O) groups is 1. The Bertz CT molecular complexity index is 965. The molecule has 0 aliphatic heterocycles. The van der Waals surface area contributed by atoms with Crippen molar-refractivity contribution in [3.63, 3.8) is 0 Å². The SMILES string of the molecule is [B]c1c([B])c(Br)c(C(=O)OC)c(-c2cccc3ccccc23)c1[B]. The van der Waals surface area contributed by atoms with Gasteiger partial charge < -0.3 is 4.74 Å². The van der Waals surface area contributed by atoms with Gasteiger partial charge in [0.15, 0.2) is 0 Å². The highest BCUT2D eigenvalue weighted by Gasteiger charge is 2.23. The van der Waals surface area contributed by atoms with Crippen LogP contribution >= 0.6 is 15.9 Å². The van der Waals surface area contributed by atoms with Crippen LogP contribution in [0.4, 0.5) is 0 Å². The average molecular weight is 371 g/mol. The van der Waals surface area contributed by atoms with Crippen LogP contribution in [-0.2, 0) is 4.74 Å². The van der Waals surface area contributed by atoms with Crippen LogP contribution in [0.5, 0.6) is 0 Å². The molecule has 0 atom stereocenters. The number of ether oxygens (including phenoxy) is 1. The molecule has 0 fully saturated rings. The first kappa shape index (κ1) is 16.9. The van der Waals surface area contributed by atoms with Crippen LogP contribution < -0.4 is 16.4 Å². The molecule has 0 N–H and O–H groups in total. The number of benzene rings is 3. The van der Waals surface area contributed by atoms with Crippen molar-refractivity contribution in [1.29, 1.82) is 0 Å². The van der Waals surface area contributed by atoms with Gasteiger partial charge in [-0.05, 0) is 21.9 Å². The summed E-state index contributed by atoms with van der Waals surface area (Å²) in [6.45, 7) is 0. The summed E-state index contributed by atoms with van der Waals surface area (Å²) < 4.78 is 5.30. The molecule has 0 bridgehead atoms. The van der Waals surface area contributed by atoms with Gasteiger partial charge in [0, 0.05) is 4.47 Å². The van der Waals surface area contributed by atoms with Crippen LogP contribution in [0.3, 0.4) is 0 Å². The molecule has 0 saturated heterocycles. The second-order valence-corrected chi connectivity index (χ2v) is 6.12. The first-order chi connectivity index (χ1) is 11.5. The summed E-state index contributed by atoms with van der Waals surface area (Å²) in [4.78, 5) is 12.4. The maximum atomic E-state index is 12.4. The predicted molar refractivity (Wildman–Crippen MR) is 105 cm³/mol. The number of halogens is 1. The molecule has 24 heavy (non-hydrogen) atoms. The lowest BCUT2D eigenvalue weighted by Gasteiger charge is -2.21. The van der Waals surface area contributed by atoms with Crippen molar-refractivity contribution in [3.05, 3.63) is 52.5 Å². The first-order valence-corrected chi connectivity index (χ1v) is 7.99. The van der Waals surface area contributed by atoms with Crippen molar-refractivity contribution < 1.29 is 9.53 Å². The molecule has 0 aliphatic rings. The lowest BCUT2D eigenvalue weighted by atomic mass is 9.68.